The molecule has 0 aromatic heterocycles. The topological polar surface area (TPSA) is 56.8 Å². The van der Waals surface area contributed by atoms with Gasteiger partial charge in [0.2, 0.25) is 0 Å². The number of hydrogen-bond donors (Lipinski definition) is 1. The molecule has 3 rings (SSSR count). The van der Waals surface area contributed by atoms with E-state index in [1.54, 1.807) is 6.07 Å². The number of rotatable bonds is 7. The second kappa shape index (κ2) is 8.94. The highest BCUT2D eigenvalue weighted by Gasteiger charge is 2.18. The molecule has 1 N–H and O–H groups in total. The number of amides is 1. The van der Waals surface area contributed by atoms with Gasteiger partial charge in [-0.15, -0.1) is 0 Å². The highest BCUT2D eigenvalue weighted by molar-refractivity contribution is 5.97. The number of carbonyl (C=O) groups excluding carboxylic acids is 1. The fraction of sp³-hybridized carbons (Fsp3) is 0.227. The molecule has 0 heterocycles. The average Bonchev–Trinajstić information content (AvgIpc) is 2.70. The molecule has 0 aliphatic heterocycles. The van der Waals surface area contributed by atoms with Crippen molar-refractivity contribution in [2.24, 2.45) is 0 Å². The van der Waals surface area contributed by atoms with E-state index in [1.165, 1.54) is 0 Å². The predicted molar refractivity (Wildman–Crippen MR) is 106 cm³/mol. The monoisotopic (exact) mass is 365 g/mol. The summed E-state index contributed by atoms with van der Waals surface area (Å²) in [5, 5.41) is 4.41. The summed E-state index contributed by atoms with van der Waals surface area (Å²) in [6.45, 7) is 5.18. The van der Waals surface area contributed by atoms with Gasteiger partial charge in [-0.3, -0.25) is 0 Å². The zero-order valence-electron chi connectivity index (χ0n) is 15.5. The molecule has 0 spiro atoms. The number of nitrogens with one attached hydrogen (secondary N) is 1. The van der Waals surface area contributed by atoms with Gasteiger partial charge in [0.1, 0.15) is 5.75 Å². The molecule has 5 nitrogen and oxygen atoms in total. The second-order valence-electron chi connectivity index (χ2n) is 5.84. The van der Waals surface area contributed by atoms with Crippen LogP contribution in [0.1, 0.15) is 19.4 Å². The summed E-state index contributed by atoms with van der Waals surface area (Å²) in [6, 6.07) is 19.1. The predicted octanol–water partition coefficient (Wildman–Crippen LogP) is 4.93. The van der Waals surface area contributed by atoms with Crippen molar-refractivity contribution in [2.75, 3.05) is 13.2 Å². The highest BCUT2D eigenvalue weighted by atomic mass is 16.6. The second-order valence-corrected chi connectivity index (χ2v) is 5.84. The van der Waals surface area contributed by atoms with Crippen LogP contribution in [0.4, 0.5) is 4.79 Å². The average molecular weight is 365 g/mol. The molecule has 27 heavy (non-hydrogen) atoms. The quantitative estimate of drug-likeness (QED) is 0.645. The lowest BCUT2D eigenvalue weighted by atomic mass is 10.1. The maximum atomic E-state index is 12.4. The standard InChI is InChI=1S/C22H23NO4/c1-3-25-19-14-20(26-4-2)21(18-13-9-8-12-17(18)19)27-22(24)23-15-16-10-6-5-7-11-16/h5-14H,3-4,15H2,1-2H3,(H,23,24). The third-order valence-corrected chi connectivity index (χ3v) is 4.00. The number of fused-ring (bicyclic) bond motifs is 1. The van der Waals surface area contributed by atoms with Crippen LogP contribution in [0, 0.1) is 0 Å². The van der Waals surface area contributed by atoms with Gasteiger partial charge in [0.15, 0.2) is 11.5 Å². The molecular weight excluding hydrogens is 342 g/mol. The molecule has 0 saturated carbocycles. The Morgan fingerprint density at radius 1 is 0.852 bits per heavy atom. The number of hydrogen-bond acceptors (Lipinski definition) is 4. The molecule has 0 atom stereocenters. The van der Waals surface area contributed by atoms with Crippen LogP contribution >= 0.6 is 0 Å². The van der Waals surface area contributed by atoms with Crippen LogP contribution in [0.5, 0.6) is 17.2 Å². The first-order valence-electron chi connectivity index (χ1n) is 9.03. The Morgan fingerprint density at radius 3 is 2.19 bits per heavy atom. The first-order valence-corrected chi connectivity index (χ1v) is 9.03. The van der Waals surface area contributed by atoms with Gasteiger partial charge in [-0.05, 0) is 19.4 Å². The fourth-order valence-corrected chi connectivity index (χ4v) is 2.83. The van der Waals surface area contributed by atoms with Crippen molar-refractivity contribution in [2.45, 2.75) is 20.4 Å². The van der Waals surface area contributed by atoms with Crippen LogP contribution in [-0.4, -0.2) is 19.3 Å². The fourth-order valence-electron chi connectivity index (χ4n) is 2.83. The Bertz CT molecular complexity index is 909. The van der Waals surface area contributed by atoms with Crippen molar-refractivity contribution in [1.82, 2.24) is 5.32 Å². The molecular formula is C22H23NO4. The normalized spacial score (nSPS) is 10.4. The van der Waals surface area contributed by atoms with E-state index in [0.29, 0.717) is 37.0 Å². The largest absolute Gasteiger partial charge is 0.493 e. The molecule has 3 aromatic carbocycles. The molecule has 0 unspecified atom stereocenters. The highest BCUT2D eigenvalue weighted by Crippen LogP contribution is 2.41. The van der Waals surface area contributed by atoms with E-state index in [0.717, 1.165) is 16.3 Å². The summed E-state index contributed by atoms with van der Waals surface area (Å²) in [7, 11) is 0. The summed E-state index contributed by atoms with van der Waals surface area (Å²) in [5.74, 6) is 1.57. The number of benzene rings is 3. The molecule has 5 heteroatoms. The molecule has 1 amide bonds. The zero-order valence-corrected chi connectivity index (χ0v) is 15.5. The van der Waals surface area contributed by atoms with Crippen LogP contribution in [0.2, 0.25) is 0 Å². The maximum absolute atomic E-state index is 12.4. The van der Waals surface area contributed by atoms with Gasteiger partial charge >= 0.3 is 6.09 Å². The Morgan fingerprint density at radius 2 is 1.48 bits per heavy atom. The van der Waals surface area contributed by atoms with Crippen molar-refractivity contribution >= 4 is 16.9 Å². The van der Waals surface area contributed by atoms with Gasteiger partial charge < -0.3 is 19.5 Å². The summed E-state index contributed by atoms with van der Waals surface area (Å²) < 4.78 is 17.1. The molecule has 0 radical (unpaired) electrons. The number of carbonyl (C=O) groups is 1. The molecule has 3 aromatic rings. The van der Waals surface area contributed by atoms with Crippen molar-refractivity contribution in [1.29, 1.82) is 0 Å². The summed E-state index contributed by atoms with van der Waals surface area (Å²) in [5.41, 5.74) is 0.996. The van der Waals surface area contributed by atoms with E-state index in [4.69, 9.17) is 14.2 Å². The van der Waals surface area contributed by atoms with E-state index in [1.807, 2.05) is 68.4 Å². The summed E-state index contributed by atoms with van der Waals surface area (Å²) >= 11 is 0. The van der Waals surface area contributed by atoms with Crippen molar-refractivity contribution < 1.29 is 19.0 Å². The lowest BCUT2D eigenvalue weighted by Gasteiger charge is -2.16. The Kier molecular flexibility index (Phi) is 6.15. The van der Waals surface area contributed by atoms with Crippen LogP contribution in [0.25, 0.3) is 10.8 Å². The van der Waals surface area contributed by atoms with Gasteiger partial charge in [-0.2, -0.15) is 0 Å². The lowest BCUT2D eigenvalue weighted by Crippen LogP contribution is -2.26. The van der Waals surface area contributed by atoms with Crippen molar-refractivity contribution in [3.8, 4) is 17.2 Å². The Hall–Kier alpha value is -3.21. The van der Waals surface area contributed by atoms with E-state index in [9.17, 15) is 4.79 Å². The van der Waals surface area contributed by atoms with Gasteiger partial charge in [0, 0.05) is 23.4 Å². The maximum Gasteiger partial charge on any atom is 0.413 e. The van der Waals surface area contributed by atoms with Crippen molar-refractivity contribution in [3.63, 3.8) is 0 Å². The minimum atomic E-state index is -0.533. The Labute approximate surface area is 158 Å². The summed E-state index contributed by atoms with van der Waals surface area (Å²) in [6.07, 6.45) is -0.533. The first-order chi connectivity index (χ1) is 13.2. The van der Waals surface area contributed by atoms with Gasteiger partial charge in [-0.1, -0.05) is 54.6 Å². The number of ether oxygens (including phenoxy) is 3. The van der Waals surface area contributed by atoms with Gasteiger partial charge in [-0.25, -0.2) is 4.79 Å². The molecule has 0 fully saturated rings. The zero-order chi connectivity index (χ0) is 19.1. The third-order valence-electron chi connectivity index (χ3n) is 4.00. The SMILES string of the molecule is CCOc1cc(OCC)c2ccccc2c1OC(=O)NCc1ccccc1. The Balaban J connectivity index is 1.88. The van der Waals surface area contributed by atoms with Crippen LogP contribution in [0.3, 0.4) is 0 Å². The van der Waals surface area contributed by atoms with Crippen LogP contribution in [-0.2, 0) is 6.54 Å². The minimum Gasteiger partial charge on any atom is -0.493 e. The molecule has 0 aliphatic carbocycles. The molecule has 140 valence electrons. The van der Waals surface area contributed by atoms with Crippen LogP contribution in [0.15, 0.2) is 60.7 Å². The third kappa shape index (κ3) is 4.50. The molecule has 0 saturated heterocycles. The lowest BCUT2D eigenvalue weighted by molar-refractivity contribution is 0.197. The van der Waals surface area contributed by atoms with Gasteiger partial charge in [0.25, 0.3) is 0 Å². The van der Waals surface area contributed by atoms with Gasteiger partial charge in [0.05, 0.1) is 13.2 Å². The van der Waals surface area contributed by atoms with E-state index in [2.05, 4.69) is 5.32 Å². The molecule has 0 aliphatic rings. The van der Waals surface area contributed by atoms with Crippen molar-refractivity contribution in [3.05, 3.63) is 66.2 Å². The van der Waals surface area contributed by atoms with Crippen LogP contribution < -0.4 is 19.5 Å². The smallest absolute Gasteiger partial charge is 0.413 e. The van der Waals surface area contributed by atoms with E-state index in [-0.39, 0.29) is 0 Å². The molecule has 0 bridgehead atoms. The van der Waals surface area contributed by atoms with E-state index < -0.39 is 6.09 Å². The summed E-state index contributed by atoms with van der Waals surface area (Å²) in [4.78, 5) is 12.4. The minimum absolute atomic E-state index is 0.388. The first kappa shape index (κ1) is 18.6. The van der Waals surface area contributed by atoms with E-state index >= 15 is 0 Å².